The minimum atomic E-state index is -2.69. The summed E-state index contributed by atoms with van der Waals surface area (Å²) in [4.78, 5) is 12.7. The zero-order valence-corrected chi connectivity index (χ0v) is 14.7. The van der Waals surface area contributed by atoms with Gasteiger partial charge in [0.05, 0.1) is 17.3 Å². The van der Waals surface area contributed by atoms with E-state index in [1.54, 1.807) is 10.7 Å². The molecular weight excluding hydrogens is 350 g/mol. The number of hydrogen-bond acceptors (Lipinski definition) is 3. The van der Waals surface area contributed by atoms with Crippen LogP contribution in [-0.2, 0) is 12.0 Å². The van der Waals surface area contributed by atoms with Crippen LogP contribution in [0.25, 0.3) is 5.52 Å². The number of amides is 1. The minimum Gasteiger partial charge on any atom is -0.351 e. The Morgan fingerprint density at radius 1 is 1.22 bits per heavy atom. The highest BCUT2D eigenvalue weighted by Gasteiger charge is 2.57. The van der Waals surface area contributed by atoms with Gasteiger partial charge in [-0.05, 0) is 23.3 Å². The molecule has 0 aliphatic heterocycles. The molecule has 5 nitrogen and oxygen atoms in total. The van der Waals surface area contributed by atoms with Gasteiger partial charge in [-0.25, -0.2) is 13.3 Å². The van der Waals surface area contributed by atoms with Gasteiger partial charge in [0.2, 0.25) is 5.92 Å². The van der Waals surface area contributed by atoms with Crippen molar-refractivity contribution in [1.29, 1.82) is 0 Å². The van der Waals surface area contributed by atoms with E-state index in [1.165, 1.54) is 6.20 Å². The van der Waals surface area contributed by atoms with E-state index in [0.717, 1.165) is 11.1 Å². The Morgan fingerprint density at radius 2 is 1.96 bits per heavy atom. The topological polar surface area (TPSA) is 72.4 Å². The Hall–Kier alpha value is -2.80. The minimum absolute atomic E-state index is 0.152. The maximum atomic E-state index is 13.7. The lowest BCUT2D eigenvalue weighted by Crippen LogP contribution is -2.55. The molecule has 0 spiro atoms. The monoisotopic (exact) mass is 370 g/mol. The van der Waals surface area contributed by atoms with Gasteiger partial charge in [0.1, 0.15) is 0 Å². The van der Waals surface area contributed by atoms with Crippen molar-refractivity contribution in [1.82, 2.24) is 14.9 Å². The number of aromatic nitrogens is 2. The molecule has 1 aromatic carbocycles. The van der Waals surface area contributed by atoms with Crippen LogP contribution in [-0.4, -0.2) is 28.0 Å². The van der Waals surface area contributed by atoms with Crippen molar-refractivity contribution in [2.75, 3.05) is 6.54 Å². The molecule has 0 unspecified atom stereocenters. The molecular formula is C20H20F2N4O. The van der Waals surface area contributed by atoms with E-state index in [9.17, 15) is 13.6 Å². The van der Waals surface area contributed by atoms with Gasteiger partial charge in [-0.2, -0.15) is 5.10 Å². The van der Waals surface area contributed by atoms with Crippen molar-refractivity contribution in [3.05, 3.63) is 71.5 Å². The van der Waals surface area contributed by atoms with Crippen molar-refractivity contribution in [2.24, 2.45) is 5.73 Å². The van der Waals surface area contributed by atoms with Crippen LogP contribution in [0.3, 0.4) is 0 Å². The number of nitrogens with two attached hydrogens (primary N) is 1. The van der Waals surface area contributed by atoms with Gasteiger partial charge in [-0.15, -0.1) is 0 Å². The van der Waals surface area contributed by atoms with E-state index in [1.807, 2.05) is 42.5 Å². The van der Waals surface area contributed by atoms with Crippen LogP contribution in [0.1, 0.15) is 34.3 Å². The number of rotatable bonds is 5. The number of nitrogens with one attached hydrogen (secondary N) is 1. The first-order valence-corrected chi connectivity index (χ1v) is 8.80. The van der Waals surface area contributed by atoms with E-state index < -0.39 is 11.3 Å². The smallest absolute Gasteiger partial charge is 0.255 e. The third-order valence-corrected chi connectivity index (χ3v) is 5.23. The Balaban J connectivity index is 1.56. The second kappa shape index (κ2) is 6.42. The summed E-state index contributed by atoms with van der Waals surface area (Å²) in [7, 11) is 0. The number of alkyl halides is 2. The number of hydrogen-bond donors (Lipinski definition) is 2. The van der Waals surface area contributed by atoms with Gasteiger partial charge in [0.15, 0.2) is 0 Å². The molecule has 0 radical (unpaired) electrons. The van der Waals surface area contributed by atoms with Crippen LogP contribution in [0, 0.1) is 0 Å². The van der Waals surface area contributed by atoms with Crippen LogP contribution in [0.2, 0.25) is 0 Å². The lowest BCUT2D eigenvalue weighted by molar-refractivity contribution is -0.125. The molecule has 1 fully saturated rings. The lowest BCUT2D eigenvalue weighted by atomic mass is 9.62. The van der Waals surface area contributed by atoms with Gasteiger partial charge >= 0.3 is 0 Å². The second-order valence-corrected chi connectivity index (χ2v) is 7.17. The first-order valence-electron chi connectivity index (χ1n) is 8.80. The zero-order chi connectivity index (χ0) is 19.1. The Morgan fingerprint density at radius 3 is 2.63 bits per heavy atom. The highest BCUT2D eigenvalue weighted by Crippen LogP contribution is 2.53. The maximum absolute atomic E-state index is 13.7. The second-order valence-electron chi connectivity index (χ2n) is 7.17. The van der Waals surface area contributed by atoms with E-state index >= 15 is 0 Å². The maximum Gasteiger partial charge on any atom is 0.255 e. The highest BCUT2D eigenvalue weighted by atomic mass is 19.3. The van der Waals surface area contributed by atoms with Crippen molar-refractivity contribution >= 4 is 11.4 Å². The van der Waals surface area contributed by atoms with Gasteiger partial charge in [-0.3, -0.25) is 4.79 Å². The van der Waals surface area contributed by atoms with Crippen LogP contribution in [0.4, 0.5) is 8.78 Å². The molecule has 1 saturated carbocycles. The largest absolute Gasteiger partial charge is 0.351 e. The Kier molecular flexibility index (Phi) is 4.19. The van der Waals surface area contributed by atoms with Crippen LogP contribution in [0.5, 0.6) is 0 Å². The molecule has 3 aromatic rings. The van der Waals surface area contributed by atoms with Crippen LogP contribution < -0.4 is 11.1 Å². The van der Waals surface area contributed by atoms with Gasteiger partial charge < -0.3 is 11.1 Å². The van der Waals surface area contributed by atoms with Crippen molar-refractivity contribution in [3.8, 4) is 0 Å². The number of carbonyl (C=O) groups is 1. The first kappa shape index (κ1) is 17.6. The predicted octanol–water partition coefficient (Wildman–Crippen LogP) is 2.89. The molecule has 2 aromatic heterocycles. The molecule has 0 saturated heterocycles. The number of benzene rings is 1. The molecule has 2 heterocycles. The molecule has 27 heavy (non-hydrogen) atoms. The molecule has 0 bridgehead atoms. The molecule has 1 aliphatic carbocycles. The number of halogens is 2. The fraction of sp³-hybridized carbons (Fsp3) is 0.300. The quantitative estimate of drug-likeness (QED) is 0.725. The lowest BCUT2D eigenvalue weighted by Gasteiger charge is -2.48. The fourth-order valence-electron chi connectivity index (χ4n) is 3.83. The van der Waals surface area contributed by atoms with Gasteiger partial charge in [-0.1, -0.05) is 30.3 Å². The SMILES string of the molecule is NCc1ccn2ncc(C(=O)NCC3(c4ccccc4)CC(F)(F)C3)c2c1. The van der Waals surface area contributed by atoms with E-state index in [-0.39, 0.29) is 25.3 Å². The van der Waals surface area contributed by atoms with E-state index in [2.05, 4.69) is 10.4 Å². The fourth-order valence-corrected chi connectivity index (χ4v) is 3.83. The number of nitrogens with zero attached hydrogens (tertiary/aromatic N) is 2. The first-order chi connectivity index (χ1) is 12.9. The standard InChI is InChI=1S/C20H20F2N4O/c21-20(22)11-19(12-20,15-4-2-1-3-5-15)13-24-18(27)16-10-25-26-7-6-14(9-23)8-17(16)26/h1-8,10H,9,11-13,23H2,(H,24,27). The zero-order valence-electron chi connectivity index (χ0n) is 14.7. The van der Waals surface area contributed by atoms with Gasteiger partial charge in [0, 0.05) is 37.5 Å². The third kappa shape index (κ3) is 3.19. The van der Waals surface area contributed by atoms with Gasteiger partial charge in [0.25, 0.3) is 5.91 Å². The van der Waals surface area contributed by atoms with Crippen LogP contribution in [0.15, 0.2) is 54.9 Å². The molecule has 0 atom stereocenters. The number of fused-ring (bicyclic) bond motifs is 1. The van der Waals surface area contributed by atoms with E-state index in [4.69, 9.17) is 5.73 Å². The summed E-state index contributed by atoms with van der Waals surface area (Å²) in [5.41, 5.74) is 7.67. The summed E-state index contributed by atoms with van der Waals surface area (Å²) in [6.07, 6.45) is 2.69. The number of carbonyl (C=O) groups excluding carboxylic acids is 1. The molecule has 140 valence electrons. The summed E-state index contributed by atoms with van der Waals surface area (Å²) < 4.78 is 28.9. The molecule has 1 aliphatic rings. The summed E-state index contributed by atoms with van der Waals surface area (Å²) in [5.74, 6) is -3.02. The summed E-state index contributed by atoms with van der Waals surface area (Å²) >= 11 is 0. The van der Waals surface area contributed by atoms with Crippen LogP contribution >= 0.6 is 0 Å². The van der Waals surface area contributed by atoms with Crippen molar-refractivity contribution in [2.45, 2.75) is 30.7 Å². The normalized spacial score (nSPS) is 17.4. The molecule has 4 rings (SSSR count). The molecule has 3 N–H and O–H groups in total. The molecule has 7 heteroatoms. The third-order valence-electron chi connectivity index (χ3n) is 5.23. The highest BCUT2D eigenvalue weighted by molar-refractivity contribution is 6.00. The van der Waals surface area contributed by atoms with Crippen molar-refractivity contribution < 1.29 is 13.6 Å². The Bertz CT molecular complexity index is 976. The summed E-state index contributed by atoms with van der Waals surface area (Å²) in [6.45, 7) is 0.508. The summed E-state index contributed by atoms with van der Waals surface area (Å²) in [5, 5.41) is 7.01. The summed E-state index contributed by atoms with van der Waals surface area (Å²) in [6, 6.07) is 12.8. The number of pyridine rings is 1. The molecule has 1 amide bonds. The van der Waals surface area contributed by atoms with E-state index in [0.29, 0.717) is 17.6 Å². The average Bonchev–Trinajstić information content (AvgIpc) is 3.08. The average molecular weight is 370 g/mol. The Labute approximate surface area is 155 Å². The van der Waals surface area contributed by atoms with Crippen molar-refractivity contribution in [3.63, 3.8) is 0 Å². The predicted molar refractivity (Wildman–Crippen MR) is 97.7 cm³/mol.